The SMILES string of the molecule is Cc1cc(N2CCOc3cnc(O[C@H]4CCN(C=O)C4)cc32)c[nH]c1=O. The van der Waals surface area contributed by atoms with Crippen LogP contribution in [-0.2, 0) is 4.79 Å². The third-order valence-electron chi connectivity index (χ3n) is 4.68. The van der Waals surface area contributed by atoms with Gasteiger partial charge in [0.05, 0.1) is 30.7 Å². The van der Waals surface area contributed by atoms with Crippen LogP contribution in [0.1, 0.15) is 12.0 Å². The van der Waals surface area contributed by atoms with Crippen LogP contribution in [0, 0.1) is 6.92 Å². The number of nitrogens with zero attached hydrogens (tertiary/aromatic N) is 3. The van der Waals surface area contributed by atoms with E-state index in [0.29, 0.717) is 43.4 Å². The number of H-pyrrole nitrogens is 1. The number of ether oxygens (including phenoxy) is 2. The van der Waals surface area contributed by atoms with Gasteiger partial charge in [-0.2, -0.15) is 0 Å². The highest BCUT2D eigenvalue weighted by atomic mass is 16.5. The lowest BCUT2D eigenvalue weighted by molar-refractivity contribution is -0.117. The fourth-order valence-corrected chi connectivity index (χ4v) is 3.29. The molecule has 136 valence electrons. The molecule has 4 rings (SSSR count). The zero-order valence-electron chi connectivity index (χ0n) is 14.5. The molecule has 0 spiro atoms. The Balaban J connectivity index is 1.61. The molecule has 0 unspecified atom stereocenters. The Morgan fingerprint density at radius 2 is 2.27 bits per heavy atom. The molecule has 1 atom stereocenters. The number of fused-ring (bicyclic) bond motifs is 1. The number of anilines is 2. The van der Waals surface area contributed by atoms with E-state index in [-0.39, 0.29) is 11.7 Å². The molecule has 1 saturated heterocycles. The summed E-state index contributed by atoms with van der Waals surface area (Å²) in [4.78, 5) is 33.3. The Bertz CT molecular complexity index is 882. The number of pyridine rings is 2. The first-order valence-corrected chi connectivity index (χ1v) is 8.60. The van der Waals surface area contributed by atoms with E-state index in [2.05, 4.69) is 14.9 Å². The van der Waals surface area contributed by atoms with Crippen LogP contribution >= 0.6 is 0 Å². The zero-order valence-corrected chi connectivity index (χ0v) is 14.5. The molecule has 26 heavy (non-hydrogen) atoms. The molecule has 1 amide bonds. The number of likely N-dealkylation sites (tertiary alicyclic amines) is 1. The molecule has 4 heterocycles. The lowest BCUT2D eigenvalue weighted by Crippen LogP contribution is -2.30. The van der Waals surface area contributed by atoms with Crippen molar-refractivity contribution in [2.24, 2.45) is 0 Å². The van der Waals surface area contributed by atoms with E-state index in [9.17, 15) is 9.59 Å². The van der Waals surface area contributed by atoms with E-state index in [1.807, 2.05) is 12.1 Å². The van der Waals surface area contributed by atoms with Crippen LogP contribution in [0.25, 0.3) is 0 Å². The molecule has 2 aliphatic rings. The van der Waals surface area contributed by atoms with Crippen molar-refractivity contribution < 1.29 is 14.3 Å². The molecule has 1 fully saturated rings. The number of aromatic amines is 1. The van der Waals surface area contributed by atoms with Crippen molar-refractivity contribution in [3.05, 3.63) is 40.4 Å². The van der Waals surface area contributed by atoms with Crippen LogP contribution in [0.4, 0.5) is 11.4 Å². The van der Waals surface area contributed by atoms with Gasteiger partial charge in [0.15, 0.2) is 5.75 Å². The van der Waals surface area contributed by atoms with Gasteiger partial charge in [0.1, 0.15) is 12.7 Å². The monoisotopic (exact) mass is 356 g/mol. The third kappa shape index (κ3) is 3.10. The maximum absolute atomic E-state index is 11.6. The Hall–Kier alpha value is -3.03. The smallest absolute Gasteiger partial charge is 0.250 e. The molecule has 0 aromatic carbocycles. The number of carbonyl (C=O) groups excluding carboxylic acids is 1. The van der Waals surface area contributed by atoms with Crippen LogP contribution in [0.2, 0.25) is 0 Å². The normalized spacial score (nSPS) is 19.0. The van der Waals surface area contributed by atoms with Gasteiger partial charge in [-0.25, -0.2) is 4.98 Å². The number of carbonyl (C=O) groups is 1. The van der Waals surface area contributed by atoms with Crippen LogP contribution in [0.5, 0.6) is 11.6 Å². The van der Waals surface area contributed by atoms with Gasteiger partial charge in [0.2, 0.25) is 12.3 Å². The molecule has 0 saturated carbocycles. The van der Waals surface area contributed by atoms with Crippen molar-refractivity contribution in [3.8, 4) is 11.6 Å². The lowest BCUT2D eigenvalue weighted by atomic mass is 10.2. The average molecular weight is 356 g/mol. The first-order valence-electron chi connectivity index (χ1n) is 8.60. The number of nitrogens with one attached hydrogen (secondary N) is 1. The zero-order chi connectivity index (χ0) is 18.1. The van der Waals surface area contributed by atoms with Gasteiger partial charge >= 0.3 is 0 Å². The van der Waals surface area contributed by atoms with Crippen molar-refractivity contribution in [1.29, 1.82) is 0 Å². The summed E-state index contributed by atoms with van der Waals surface area (Å²) in [6, 6.07) is 3.70. The van der Waals surface area contributed by atoms with Crippen molar-refractivity contribution >= 4 is 17.8 Å². The Labute approximate surface area is 150 Å². The Morgan fingerprint density at radius 1 is 1.38 bits per heavy atom. The fraction of sp³-hybridized carbons (Fsp3) is 0.389. The van der Waals surface area contributed by atoms with Crippen molar-refractivity contribution in [1.82, 2.24) is 14.9 Å². The lowest BCUT2D eigenvalue weighted by Gasteiger charge is -2.31. The summed E-state index contributed by atoms with van der Waals surface area (Å²) in [6.45, 7) is 4.24. The molecule has 2 aromatic heterocycles. The number of aromatic nitrogens is 2. The fourth-order valence-electron chi connectivity index (χ4n) is 3.29. The molecule has 0 aliphatic carbocycles. The quantitative estimate of drug-likeness (QED) is 0.829. The molecular formula is C18H20N4O4. The Morgan fingerprint density at radius 3 is 3.04 bits per heavy atom. The standard InChI is InChI=1S/C18H20N4O4/c1-12-6-13(8-20-18(12)24)22-4-5-25-16-9-19-17(7-15(16)22)26-14-2-3-21(10-14)11-23/h6-9,11,14H,2-5,10H2,1H3,(H,20,24)/t14-/m0/s1. The summed E-state index contributed by atoms with van der Waals surface area (Å²) in [6.07, 6.45) is 4.93. The molecule has 0 radical (unpaired) electrons. The molecule has 1 N–H and O–H groups in total. The van der Waals surface area contributed by atoms with Gasteiger partial charge < -0.3 is 24.3 Å². The van der Waals surface area contributed by atoms with E-state index in [1.165, 1.54) is 0 Å². The van der Waals surface area contributed by atoms with Crippen LogP contribution in [0.15, 0.2) is 29.3 Å². The second-order valence-corrected chi connectivity index (χ2v) is 6.49. The first-order chi connectivity index (χ1) is 12.6. The van der Waals surface area contributed by atoms with Gasteiger partial charge in [-0.3, -0.25) is 9.59 Å². The second-order valence-electron chi connectivity index (χ2n) is 6.49. The van der Waals surface area contributed by atoms with Crippen LogP contribution in [0.3, 0.4) is 0 Å². The minimum atomic E-state index is -0.0954. The van der Waals surface area contributed by atoms with Gasteiger partial charge in [0, 0.05) is 30.8 Å². The summed E-state index contributed by atoms with van der Waals surface area (Å²) >= 11 is 0. The number of hydrogen-bond donors (Lipinski definition) is 1. The Kier molecular flexibility index (Phi) is 4.24. The van der Waals surface area contributed by atoms with Gasteiger partial charge in [-0.1, -0.05) is 0 Å². The van der Waals surface area contributed by atoms with Crippen molar-refractivity contribution in [2.75, 3.05) is 31.1 Å². The number of amides is 1. The number of rotatable bonds is 4. The van der Waals surface area contributed by atoms with E-state index in [0.717, 1.165) is 24.2 Å². The van der Waals surface area contributed by atoms with Crippen molar-refractivity contribution in [2.45, 2.75) is 19.4 Å². The maximum Gasteiger partial charge on any atom is 0.250 e. The van der Waals surface area contributed by atoms with Crippen molar-refractivity contribution in [3.63, 3.8) is 0 Å². The highest BCUT2D eigenvalue weighted by Crippen LogP contribution is 2.38. The summed E-state index contributed by atoms with van der Waals surface area (Å²) < 4.78 is 11.7. The van der Waals surface area contributed by atoms with Gasteiger partial charge in [0.25, 0.3) is 5.56 Å². The summed E-state index contributed by atoms with van der Waals surface area (Å²) in [5.41, 5.74) is 2.29. The number of hydrogen-bond acceptors (Lipinski definition) is 6. The molecule has 2 aromatic rings. The molecule has 2 aliphatic heterocycles. The topological polar surface area (TPSA) is 87.8 Å². The van der Waals surface area contributed by atoms with Gasteiger partial charge in [-0.05, 0) is 13.0 Å². The summed E-state index contributed by atoms with van der Waals surface area (Å²) in [5, 5.41) is 0. The molecular weight excluding hydrogens is 336 g/mol. The van der Waals surface area contributed by atoms with Crippen LogP contribution in [-0.4, -0.2) is 53.6 Å². The minimum absolute atomic E-state index is 0.0565. The molecule has 8 nitrogen and oxygen atoms in total. The number of aryl methyl sites for hydroxylation is 1. The third-order valence-corrected chi connectivity index (χ3v) is 4.68. The first kappa shape index (κ1) is 16.4. The predicted molar refractivity (Wildman–Crippen MR) is 95.2 cm³/mol. The van der Waals surface area contributed by atoms with Crippen LogP contribution < -0.4 is 19.9 Å². The van der Waals surface area contributed by atoms with E-state index in [1.54, 1.807) is 24.2 Å². The predicted octanol–water partition coefficient (Wildman–Crippen LogP) is 1.22. The van der Waals surface area contributed by atoms with Gasteiger partial charge in [-0.15, -0.1) is 0 Å². The maximum atomic E-state index is 11.6. The highest BCUT2D eigenvalue weighted by Gasteiger charge is 2.25. The minimum Gasteiger partial charge on any atom is -0.488 e. The largest absolute Gasteiger partial charge is 0.488 e. The second kappa shape index (κ2) is 6.70. The van der Waals surface area contributed by atoms with E-state index in [4.69, 9.17) is 9.47 Å². The molecule has 8 heteroatoms. The van der Waals surface area contributed by atoms with E-state index < -0.39 is 0 Å². The summed E-state index contributed by atoms with van der Waals surface area (Å²) in [5.74, 6) is 1.17. The average Bonchev–Trinajstić information content (AvgIpc) is 3.11. The highest BCUT2D eigenvalue weighted by molar-refractivity contribution is 5.70. The van der Waals surface area contributed by atoms with E-state index >= 15 is 0 Å². The summed E-state index contributed by atoms with van der Waals surface area (Å²) in [7, 11) is 0. The molecule has 0 bridgehead atoms.